The Kier molecular flexibility index (Phi) is 6.58. The highest BCUT2D eigenvalue weighted by Crippen LogP contribution is 2.29. The fourth-order valence-electron chi connectivity index (χ4n) is 3.40. The lowest BCUT2D eigenvalue weighted by atomic mass is 10.1. The molecular weight excluding hydrogens is 476 g/mol. The second kappa shape index (κ2) is 9.43. The number of ether oxygens (including phenoxy) is 2. The molecule has 11 heteroatoms. The predicted molar refractivity (Wildman–Crippen MR) is 133 cm³/mol. The lowest BCUT2D eigenvalue weighted by molar-refractivity contribution is -0.114. The number of fused-ring (bicyclic) bond motifs is 1. The molecule has 9 nitrogen and oxygen atoms in total. The number of benzene rings is 2. The molecule has 2 aliphatic rings. The van der Waals surface area contributed by atoms with E-state index in [9.17, 15) is 13.2 Å². The number of carbonyl (C=O) groups is 1. The molecule has 0 fully saturated rings. The first-order valence-electron chi connectivity index (χ1n) is 10.2. The summed E-state index contributed by atoms with van der Waals surface area (Å²) in [6.07, 6.45) is 2.48. The third-order valence-corrected chi connectivity index (χ3v) is 6.59. The van der Waals surface area contributed by atoms with Crippen molar-refractivity contribution in [3.05, 3.63) is 64.7 Å². The van der Waals surface area contributed by atoms with E-state index in [1.54, 1.807) is 24.3 Å². The van der Waals surface area contributed by atoms with Gasteiger partial charge in [0.15, 0.2) is 0 Å². The molecule has 34 heavy (non-hydrogen) atoms. The second-order valence-corrected chi connectivity index (χ2v) is 10.4. The normalized spacial score (nSPS) is 16.9. The lowest BCUT2D eigenvalue weighted by Crippen LogP contribution is -2.45. The monoisotopic (exact) mass is 498 g/mol. The Morgan fingerprint density at radius 1 is 1.03 bits per heavy atom. The fourth-order valence-corrected chi connectivity index (χ4v) is 5.24. The van der Waals surface area contributed by atoms with Crippen LogP contribution in [-0.2, 0) is 14.6 Å². The maximum atomic E-state index is 12.4. The van der Waals surface area contributed by atoms with Gasteiger partial charge in [-0.15, -0.1) is 0 Å². The van der Waals surface area contributed by atoms with Gasteiger partial charge < -0.3 is 9.47 Å². The third-order valence-electron chi connectivity index (χ3n) is 4.83. The van der Waals surface area contributed by atoms with Crippen LogP contribution in [0.15, 0.2) is 57.4 Å². The van der Waals surface area contributed by atoms with Crippen LogP contribution in [-0.4, -0.2) is 54.9 Å². The van der Waals surface area contributed by atoms with E-state index in [4.69, 9.17) is 14.9 Å². The number of sulfone groups is 1. The zero-order chi connectivity index (χ0) is 24.5. The zero-order valence-electron chi connectivity index (χ0n) is 18.7. The predicted octanol–water partition coefficient (Wildman–Crippen LogP) is 3.38. The quantitative estimate of drug-likeness (QED) is 0.368. The highest BCUT2D eigenvalue weighted by molar-refractivity contribution is 8.16. The van der Waals surface area contributed by atoms with Crippen molar-refractivity contribution in [2.75, 3.05) is 19.5 Å². The molecule has 0 atom stereocenters. The Morgan fingerprint density at radius 2 is 1.65 bits per heavy atom. The summed E-state index contributed by atoms with van der Waals surface area (Å²) in [7, 11) is -3.69. The van der Waals surface area contributed by atoms with E-state index in [-0.39, 0.29) is 21.7 Å². The van der Waals surface area contributed by atoms with Gasteiger partial charge in [0.25, 0.3) is 5.91 Å². The van der Waals surface area contributed by atoms with Crippen LogP contribution in [0.5, 0.6) is 11.5 Å². The number of nitrogens with zero attached hydrogens (tertiary/aromatic N) is 3. The molecule has 0 aromatic heterocycles. The molecule has 0 unspecified atom stereocenters. The molecule has 2 aromatic carbocycles. The largest absolute Gasteiger partial charge is 0.490 e. The van der Waals surface area contributed by atoms with Gasteiger partial charge in [0, 0.05) is 6.26 Å². The highest BCUT2D eigenvalue weighted by Gasteiger charge is 2.41. The van der Waals surface area contributed by atoms with Gasteiger partial charge in [-0.25, -0.2) is 13.3 Å². The first-order chi connectivity index (χ1) is 16.1. The van der Waals surface area contributed by atoms with Crippen LogP contribution in [0.3, 0.4) is 0 Å². The third kappa shape index (κ3) is 5.20. The van der Waals surface area contributed by atoms with Gasteiger partial charge in [0.1, 0.15) is 30.5 Å². The topological polar surface area (TPSA) is 121 Å². The van der Waals surface area contributed by atoms with Crippen molar-refractivity contribution in [2.45, 2.75) is 13.8 Å². The van der Waals surface area contributed by atoms with E-state index in [0.29, 0.717) is 24.5 Å². The number of nitrogens with one attached hydrogen (secondary N) is 1. The van der Waals surface area contributed by atoms with E-state index in [1.807, 2.05) is 26.0 Å². The number of hydrogen-bond donors (Lipinski definition) is 1. The van der Waals surface area contributed by atoms with E-state index in [2.05, 4.69) is 15.5 Å². The first kappa shape index (κ1) is 23.7. The Balaban J connectivity index is 1.40. The summed E-state index contributed by atoms with van der Waals surface area (Å²) in [5, 5.41) is 8.12. The minimum Gasteiger partial charge on any atom is -0.490 e. The van der Waals surface area contributed by atoms with Gasteiger partial charge in [0.2, 0.25) is 20.2 Å². The molecule has 0 saturated carbocycles. The van der Waals surface area contributed by atoms with Crippen LogP contribution in [0, 0.1) is 19.3 Å². The number of aliphatic imine (C=N–C) groups is 1. The molecule has 2 aliphatic heterocycles. The minimum atomic E-state index is -3.69. The van der Waals surface area contributed by atoms with Crippen molar-refractivity contribution in [1.29, 1.82) is 5.41 Å². The van der Waals surface area contributed by atoms with Gasteiger partial charge in [0.05, 0.1) is 17.5 Å². The van der Waals surface area contributed by atoms with Crippen molar-refractivity contribution in [3.8, 4) is 11.5 Å². The number of rotatable bonds is 6. The molecule has 1 amide bonds. The SMILES string of the molecule is Cc1cc(C)cc(OCCOc2ccc(/C=C3/C(=N)N4C(=NC3=O)SN=C4S(C)(=O)=O)cc2)c1. The fraction of sp³-hybridized carbons (Fsp3) is 0.217. The smallest absolute Gasteiger partial charge is 0.283 e. The molecule has 1 N–H and O–H groups in total. The maximum absolute atomic E-state index is 12.4. The number of amides is 1. The Labute approximate surface area is 201 Å². The molecule has 2 heterocycles. The summed E-state index contributed by atoms with van der Waals surface area (Å²) < 4.78 is 39.2. The van der Waals surface area contributed by atoms with Crippen LogP contribution < -0.4 is 9.47 Å². The average Bonchev–Trinajstić information content (AvgIpc) is 3.19. The van der Waals surface area contributed by atoms with Crippen molar-refractivity contribution in [1.82, 2.24) is 4.90 Å². The maximum Gasteiger partial charge on any atom is 0.283 e. The van der Waals surface area contributed by atoms with Crippen LogP contribution in [0.2, 0.25) is 0 Å². The van der Waals surface area contributed by atoms with Crippen molar-refractivity contribution >= 4 is 49.9 Å². The van der Waals surface area contributed by atoms with Crippen LogP contribution >= 0.6 is 11.9 Å². The summed E-state index contributed by atoms with van der Waals surface area (Å²) in [4.78, 5) is 17.4. The van der Waals surface area contributed by atoms with Crippen molar-refractivity contribution in [2.24, 2.45) is 9.39 Å². The van der Waals surface area contributed by atoms with Gasteiger partial charge in [-0.1, -0.05) is 18.2 Å². The second-order valence-electron chi connectivity index (χ2n) is 7.77. The standard InChI is InChI=1S/C23H22N4O5S2/c1-14-10-15(2)12-18(11-14)32-9-8-31-17-6-4-16(5-7-17)13-19-20(24)27-22(25-21(19)28)33-26-23(27)34(3,29)30/h4-7,10-13,24H,8-9H2,1-3H3/b19-13-,24-20?. The van der Waals surface area contributed by atoms with Crippen molar-refractivity contribution < 1.29 is 22.7 Å². The summed E-state index contributed by atoms with van der Waals surface area (Å²) in [5.41, 5.74) is 2.87. The molecule has 176 valence electrons. The van der Waals surface area contributed by atoms with Gasteiger partial charge in [-0.2, -0.15) is 9.39 Å². The highest BCUT2D eigenvalue weighted by atomic mass is 32.2. The lowest BCUT2D eigenvalue weighted by Gasteiger charge is -2.23. The summed E-state index contributed by atoms with van der Waals surface area (Å²) in [5.74, 6) is 0.513. The molecule has 0 aliphatic carbocycles. The summed E-state index contributed by atoms with van der Waals surface area (Å²) >= 11 is 0.757. The number of amidine groups is 3. The van der Waals surface area contributed by atoms with Crippen LogP contribution in [0.1, 0.15) is 16.7 Å². The van der Waals surface area contributed by atoms with Gasteiger partial charge in [-0.05, 0) is 60.9 Å². The van der Waals surface area contributed by atoms with Crippen molar-refractivity contribution in [3.63, 3.8) is 0 Å². The average molecular weight is 499 g/mol. The molecule has 0 spiro atoms. The summed E-state index contributed by atoms with van der Waals surface area (Å²) in [6, 6.07) is 13.0. The molecule has 0 radical (unpaired) electrons. The van der Waals surface area contributed by atoms with Crippen LogP contribution in [0.4, 0.5) is 0 Å². The minimum absolute atomic E-state index is 0.0295. The van der Waals surface area contributed by atoms with E-state index in [1.165, 1.54) is 6.08 Å². The number of carbonyl (C=O) groups excluding carboxylic acids is 1. The Morgan fingerprint density at radius 3 is 2.26 bits per heavy atom. The van der Waals surface area contributed by atoms with Gasteiger partial charge >= 0.3 is 0 Å². The van der Waals surface area contributed by atoms with Crippen LogP contribution in [0.25, 0.3) is 6.08 Å². The van der Waals surface area contributed by atoms with E-state index in [0.717, 1.165) is 40.0 Å². The molecule has 0 bridgehead atoms. The molecule has 0 saturated heterocycles. The molecular formula is C23H22N4O5S2. The van der Waals surface area contributed by atoms with E-state index >= 15 is 0 Å². The Hall–Kier alpha value is -3.44. The summed E-state index contributed by atoms with van der Waals surface area (Å²) in [6.45, 7) is 4.78. The molecule has 4 rings (SSSR count). The first-order valence-corrected chi connectivity index (χ1v) is 12.9. The van der Waals surface area contributed by atoms with E-state index < -0.39 is 15.7 Å². The number of aryl methyl sites for hydroxylation is 2. The van der Waals surface area contributed by atoms with Gasteiger partial charge in [-0.3, -0.25) is 10.2 Å². The Bertz CT molecular complexity index is 1340. The molecule has 2 aromatic rings. The number of hydrogen-bond acceptors (Lipinski definition) is 8. The zero-order valence-corrected chi connectivity index (χ0v) is 20.4.